The van der Waals surface area contributed by atoms with Crippen molar-refractivity contribution in [3.05, 3.63) is 29.8 Å². The average Bonchev–Trinajstić information content (AvgIpc) is 2.69. The van der Waals surface area contributed by atoms with Gasteiger partial charge in [-0.1, -0.05) is 0 Å². The Labute approximate surface area is 119 Å². The van der Waals surface area contributed by atoms with E-state index in [9.17, 15) is 26.8 Å². The van der Waals surface area contributed by atoms with Crippen LogP contribution >= 0.6 is 0 Å². The second-order valence-corrected chi connectivity index (χ2v) is 6.74. The van der Waals surface area contributed by atoms with Crippen LogP contribution in [0, 0.1) is 11.6 Å². The molecule has 114 valence electrons. The Balaban J connectivity index is 2.21. The van der Waals surface area contributed by atoms with Crippen LogP contribution in [0.25, 0.3) is 0 Å². The first-order valence-electron chi connectivity index (χ1n) is 5.93. The summed E-state index contributed by atoms with van der Waals surface area (Å²) in [5, 5.41) is 2.16. The van der Waals surface area contributed by atoms with Gasteiger partial charge in [-0.3, -0.25) is 9.59 Å². The van der Waals surface area contributed by atoms with Gasteiger partial charge in [-0.2, -0.15) is 0 Å². The number of benzene rings is 1. The molecule has 1 aliphatic heterocycles. The molecule has 0 radical (unpaired) electrons. The lowest BCUT2D eigenvalue weighted by Gasteiger charge is -2.20. The van der Waals surface area contributed by atoms with E-state index in [-0.39, 0.29) is 5.69 Å². The quantitative estimate of drug-likeness (QED) is 0.861. The molecule has 0 aromatic heterocycles. The van der Waals surface area contributed by atoms with E-state index in [0.29, 0.717) is 6.07 Å². The van der Waals surface area contributed by atoms with Crippen LogP contribution in [0.15, 0.2) is 18.2 Å². The van der Waals surface area contributed by atoms with Gasteiger partial charge < -0.3 is 10.2 Å². The molecule has 0 saturated carbocycles. The molecule has 2 rings (SSSR count). The van der Waals surface area contributed by atoms with Crippen LogP contribution in [-0.2, 0) is 19.4 Å². The Morgan fingerprint density at radius 2 is 2.00 bits per heavy atom. The summed E-state index contributed by atoms with van der Waals surface area (Å²) in [6.07, 6.45) is 0. The molecule has 2 amide bonds. The fourth-order valence-electron chi connectivity index (χ4n) is 2.02. The molecule has 1 aliphatic rings. The third-order valence-electron chi connectivity index (χ3n) is 3.02. The summed E-state index contributed by atoms with van der Waals surface area (Å²) >= 11 is 0. The molecule has 1 aromatic rings. The van der Waals surface area contributed by atoms with E-state index in [1.54, 1.807) is 0 Å². The molecular weight excluding hydrogens is 306 g/mol. The van der Waals surface area contributed by atoms with Gasteiger partial charge in [0.2, 0.25) is 11.8 Å². The molecular formula is C12H12F2N2O4S. The number of sulfone groups is 1. The maximum atomic E-state index is 13.5. The molecule has 1 saturated heterocycles. The monoisotopic (exact) mass is 318 g/mol. The predicted molar refractivity (Wildman–Crippen MR) is 69.9 cm³/mol. The highest BCUT2D eigenvalue weighted by Crippen LogP contribution is 2.20. The second-order valence-electron chi connectivity index (χ2n) is 4.66. The fraction of sp³-hybridized carbons (Fsp3) is 0.333. The second kappa shape index (κ2) is 5.40. The minimum Gasteiger partial charge on any atom is -0.322 e. The van der Waals surface area contributed by atoms with Crippen LogP contribution in [-0.4, -0.2) is 42.8 Å². The molecule has 6 nitrogen and oxygen atoms in total. The van der Waals surface area contributed by atoms with E-state index in [1.807, 2.05) is 0 Å². The number of rotatable bonds is 2. The first kappa shape index (κ1) is 15.4. The molecule has 1 fully saturated rings. The summed E-state index contributed by atoms with van der Waals surface area (Å²) in [4.78, 5) is 24.3. The van der Waals surface area contributed by atoms with Crippen molar-refractivity contribution in [1.82, 2.24) is 4.90 Å². The third-order valence-corrected chi connectivity index (χ3v) is 4.52. The third kappa shape index (κ3) is 3.35. The highest BCUT2D eigenvalue weighted by Gasteiger charge is 2.41. The molecule has 0 spiro atoms. The number of nitrogens with one attached hydrogen (secondary N) is 1. The zero-order valence-corrected chi connectivity index (χ0v) is 11.8. The SMILES string of the molecule is CC(=O)N1CS(=O)(=O)C[C@@H]1C(=O)Nc1ccc(F)cc1F. The van der Waals surface area contributed by atoms with Crippen molar-refractivity contribution in [2.45, 2.75) is 13.0 Å². The summed E-state index contributed by atoms with van der Waals surface area (Å²) in [5.74, 6) is -4.28. The minimum atomic E-state index is -3.55. The summed E-state index contributed by atoms with van der Waals surface area (Å²) in [7, 11) is -3.55. The number of nitrogens with zero attached hydrogens (tertiary/aromatic N) is 1. The lowest BCUT2D eigenvalue weighted by atomic mass is 10.2. The lowest BCUT2D eigenvalue weighted by molar-refractivity contribution is -0.134. The normalized spacial score (nSPS) is 20.3. The highest BCUT2D eigenvalue weighted by molar-refractivity contribution is 7.91. The molecule has 9 heteroatoms. The zero-order chi connectivity index (χ0) is 15.8. The molecule has 0 unspecified atom stereocenters. The molecule has 1 heterocycles. The van der Waals surface area contributed by atoms with E-state index in [1.165, 1.54) is 0 Å². The summed E-state index contributed by atoms with van der Waals surface area (Å²) < 4.78 is 49.3. The molecule has 1 atom stereocenters. The summed E-state index contributed by atoms with van der Waals surface area (Å²) in [6, 6.07) is 1.33. The van der Waals surface area contributed by atoms with Crippen molar-refractivity contribution in [3.63, 3.8) is 0 Å². The summed E-state index contributed by atoms with van der Waals surface area (Å²) in [6.45, 7) is 1.14. The van der Waals surface area contributed by atoms with Crippen LogP contribution < -0.4 is 5.32 Å². The largest absolute Gasteiger partial charge is 0.322 e. The van der Waals surface area contributed by atoms with E-state index >= 15 is 0 Å². The molecule has 0 bridgehead atoms. The minimum absolute atomic E-state index is 0.283. The van der Waals surface area contributed by atoms with Gasteiger partial charge >= 0.3 is 0 Å². The standard InChI is InChI=1S/C12H12F2N2O4S/c1-7(17)16-6-21(19,20)5-11(16)12(18)15-10-3-2-8(13)4-9(10)14/h2-4,11H,5-6H2,1H3,(H,15,18)/t11-/m1/s1. The van der Waals surface area contributed by atoms with Gasteiger partial charge in [0.05, 0.1) is 11.4 Å². The number of carbonyl (C=O) groups excluding carboxylic acids is 2. The Morgan fingerprint density at radius 1 is 1.33 bits per heavy atom. The van der Waals surface area contributed by atoms with Crippen molar-refractivity contribution in [2.24, 2.45) is 0 Å². The number of halogens is 2. The van der Waals surface area contributed by atoms with Gasteiger partial charge in [0.15, 0.2) is 9.84 Å². The van der Waals surface area contributed by atoms with E-state index in [0.717, 1.165) is 24.0 Å². The maximum Gasteiger partial charge on any atom is 0.248 e. The van der Waals surface area contributed by atoms with Crippen LogP contribution in [0.5, 0.6) is 0 Å². The zero-order valence-electron chi connectivity index (χ0n) is 11.0. The Kier molecular flexibility index (Phi) is 3.95. The number of anilines is 1. The van der Waals surface area contributed by atoms with Gasteiger partial charge in [-0.05, 0) is 12.1 Å². The molecule has 21 heavy (non-hydrogen) atoms. The number of hydrogen-bond acceptors (Lipinski definition) is 4. The lowest BCUT2D eigenvalue weighted by Crippen LogP contribution is -2.43. The predicted octanol–water partition coefficient (Wildman–Crippen LogP) is 0.506. The van der Waals surface area contributed by atoms with Gasteiger partial charge in [-0.15, -0.1) is 0 Å². The maximum absolute atomic E-state index is 13.5. The smallest absolute Gasteiger partial charge is 0.248 e. The van der Waals surface area contributed by atoms with Gasteiger partial charge in [0.1, 0.15) is 23.6 Å². The number of amides is 2. The molecule has 1 N–H and O–H groups in total. The van der Waals surface area contributed by atoms with E-state index < -0.39 is 51.0 Å². The first-order chi connectivity index (χ1) is 9.69. The molecule has 0 aliphatic carbocycles. The van der Waals surface area contributed by atoms with Gasteiger partial charge in [0.25, 0.3) is 0 Å². The highest BCUT2D eigenvalue weighted by atomic mass is 32.2. The van der Waals surface area contributed by atoms with Crippen LogP contribution in [0.4, 0.5) is 14.5 Å². The Morgan fingerprint density at radius 3 is 2.57 bits per heavy atom. The van der Waals surface area contributed by atoms with Crippen molar-refractivity contribution in [3.8, 4) is 0 Å². The average molecular weight is 318 g/mol. The topological polar surface area (TPSA) is 83.6 Å². The number of carbonyl (C=O) groups is 2. The summed E-state index contributed by atoms with van der Waals surface area (Å²) in [5.41, 5.74) is -0.283. The van der Waals surface area contributed by atoms with Crippen LogP contribution in [0.1, 0.15) is 6.92 Å². The van der Waals surface area contributed by atoms with Crippen molar-refractivity contribution in [2.75, 3.05) is 16.9 Å². The first-order valence-corrected chi connectivity index (χ1v) is 7.75. The number of hydrogen-bond donors (Lipinski definition) is 1. The Hall–Kier alpha value is -2.03. The van der Waals surface area contributed by atoms with Crippen molar-refractivity contribution in [1.29, 1.82) is 0 Å². The van der Waals surface area contributed by atoms with Crippen molar-refractivity contribution >= 4 is 27.3 Å². The van der Waals surface area contributed by atoms with Gasteiger partial charge in [0, 0.05) is 13.0 Å². The van der Waals surface area contributed by atoms with Crippen LogP contribution in [0.3, 0.4) is 0 Å². The van der Waals surface area contributed by atoms with Crippen molar-refractivity contribution < 1.29 is 26.8 Å². The van der Waals surface area contributed by atoms with Gasteiger partial charge in [-0.25, -0.2) is 17.2 Å². The fourth-order valence-corrected chi connectivity index (χ4v) is 3.72. The Bertz CT molecular complexity index is 705. The van der Waals surface area contributed by atoms with E-state index in [4.69, 9.17) is 0 Å². The van der Waals surface area contributed by atoms with E-state index in [2.05, 4.69) is 5.32 Å². The van der Waals surface area contributed by atoms with Crippen LogP contribution in [0.2, 0.25) is 0 Å². The molecule has 1 aromatic carbocycles.